The maximum Gasteiger partial charge on any atom is 0.241 e. The molecular formula is C13H22N2O3S2. The zero-order chi connectivity index (χ0) is 14.4. The van der Waals surface area contributed by atoms with Crippen molar-refractivity contribution in [3.05, 3.63) is 16.3 Å². The van der Waals surface area contributed by atoms with Crippen LogP contribution in [0.4, 0.5) is 0 Å². The van der Waals surface area contributed by atoms with E-state index in [-0.39, 0.29) is 6.10 Å². The maximum atomic E-state index is 12.3. The molecule has 114 valence electrons. The molecule has 1 aromatic rings. The van der Waals surface area contributed by atoms with Gasteiger partial charge in [-0.3, -0.25) is 0 Å². The van der Waals surface area contributed by atoms with Gasteiger partial charge in [0, 0.05) is 24.6 Å². The van der Waals surface area contributed by atoms with Gasteiger partial charge in [-0.2, -0.15) is 0 Å². The average molecular weight is 318 g/mol. The van der Waals surface area contributed by atoms with E-state index in [0.29, 0.717) is 18.0 Å². The minimum absolute atomic E-state index is 0.210. The molecule has 20 heavy (non-hydrogen) atoms. The van der Waals surface area contributed by atoms with Crippen molar-refractivity contribution >= 4 is 21.4 Å². The molecule has 0 aromatic carbocycles. The van der Waals surface area contributed by atoms with Crippen LogP contribution in [-0.2, 0) is 21.3 Å². The van der Waals surface area contributed by atoms with Gasteiger partial charge in [0.05, 0.1) is 11.0 Å². The highest BCUT2D eigenvalue weighted by Gasteiger charge is 2.21. The molecular weight excluding hydrogens is 296 g/mol. The Kier molecular flexibility index (Phi) is 5.98. The molecule has 1 aromatic heterocycles. The Balaban J connectivity index is 1.90. The highest BCUT2D eigenvalue weighted by Crippen LogP contribution is 2.22. The minimum atomic E-state index is -3.40. The lowest BCUT2D eigenvalue weighted by atomic mass is 10.2. The lowest BCUT2D eigenvalue weighted by Crippen LogP contribution is -2.28. The molecule has 1 saturated heterocycles. The topological polar surface area (TPSA) is 67.4 Å². The van der Waals surface area contributed by atoms with Gasteiger partial charge >= 0.3 is 0 Å². The molecule has 0 radical (unpaired) electrons. The Labute approximate surface area is 124 Å². The molecule has 1 unspecified atom stereocenters. The monoisotopic (exact) mass is 318 g/mol. The molecule has 0 bridgehead atoms. The molecule has 1 atom stereocenters. The van der Waals surface area contributed by atoms with Gasteiger partial charge in [-0.25, -0.2) is 13.1 Å². The summed E-state index contributed by atoms with van der Waals surface area (Å²) in [5.41, 5.74) is 0. The van der Waals surface area contributed by atoms with Crippen molar-refractivity contribution in [2.45, 2.75) is 43.7 Å². The van der Waals surface area contributed by atoms with Crippen LogP contribution in [0.15, 0.2) is 16.3 Å². The summed E-state index contributed by atoms with van der Waals surface area (Å²) < 4.78 is 32.7. The smallest absolute Gasteiger partial charge is 0.241 e. The largest absolute Gasteiger partial charge is 0.378 e. The molecule has 1 fully saturated rings. The van der Waals surface area contributed by atoms with E-state index in [9.17, 15) is 8.42 Å². The number of hydrogen-bond acceptors (Lipinski definition) is 5. The SMILES string of the molecule is CCNCc1sccc1S(=O)(=O)NCCC1CCCO1. The number of rotatable bonds is 8. The third-order valence-electron chi connectivity index (χ3n) is 3.31. The highest BCUT2D eigenvalue weighted by atomic mass is 32.2. The van der Waals surface area contributed by atoms with Gasteiger partial charge in [0.1, 0.15) is 0 Å². The van der Waals surface area contributed by atoms with Crippen LogP contribution in [-0.4, -0.2) is 34.2 Å². The second-order valence-electron chi connectivity index (χ2n) is 4.81. The van der Waals surface area contributed by atoms with Crippen molar-refractivity contribution in [2.75, 3.05) is 19.7 Å². The summed E-state index contributed by atoms with van der Waals surface area (Å²) in [6.07, 6.45) is 3.06. The van der Waals surface area contributed by atoms with Gasteiger partial charge in [-0.15, -0.1) is 11.3 Å². The number of nitrogens with one attached hydrogen (secondary N) is 2. The van der Waals surface area contributed by atoms with Gasteiger partial charge in [0.15, 0.2) is 0 Å². The zero-order valence-corrected chi connectivity index (χ0v) is 13.4. The molecule has 5 nitrogen and oxygen atoms in total. The van der Waals surface area contributed by atoms with Crippen LogP contribution in [0.5, 0.6) is 0 Å². The third-order valence-corrected chi connectivity index (χ3v) is 5.91. The van der Waals surface area contributed by atoms with Crippen molar-refractivity contribution in [3.63, 3.8) is 0 Å². The van der Waals surface area contributed by atoms with Crippen LogP contribution >= 0.6 is 11.3 Å². The molecule has 2 N–H and O–H groups in total. The first-order chi connectivity index (χ1) is 9.63. The van der Waals surface area contributed by atoms with Gasteiger partial charge < -0.3 is 10.1 Å². The van der Waals surface area contributed by atoms with Gasteiger partial charge in [0.25, 0.3) is 0 Å². The van der Waals surface area contributed by atoms with Crippen LogP contribution < -0.4 is 10.0 Å². The van der Waals surface area contributed by atoms with Crippen molar-refractivity contribution < 1.29 is 13.2 Å². The predicted molar refractivity (Wildman–Crippen MR) is 80.5 cm³/mol. The Bertz CT molecular complexity index is 507. The lowest BCUT2D eigenvalue weighted by Gasteiger charge is -2.11. The number of hydrogen-bond donors (Lipinski definition) is 2. The van der Waals surface area contributed by atoms with E-state index in [1.807, 2.05) is 12.3 Å². The number of ether oxygens (including phenoxy) is 1. The van der Waals surface area contributed by atoms with E-state index >= 15 is 0 Å². The number of thiophene rings is 1. The van der Waals surface area contributed by atoms with Gasteiger partial charge in [0.2, 0.25) is 10.0 Å². The molecule has 1 aliphatic heterocycles. The first-order valence-corrected chi connectivity index (χ1v) is 9.38. The fourth-order valence-electron chi connectivity index (χ4n) is 2.24. The van der Waals surface area contributed by atoms with E-state index in [0.717, 1.165) is 37.3 Å². The lowest BCUT2D eigenvalue weighted by molar-refractivity contribution is 0.105. The average Bonchev–Trinajstić information content (AvgIpc) is 3.07. The quantitative estimate of drug-likeness (QED) is 0.766. The Morgan fingerprint density at radius 1 is 1.50 bits per heavy atom. The van der Waals surface area contributed by atoms with Gasteiger partial charge in [-0.1, -0.05) is 6.92 Å². The normalized spacial score (nSPS) is 19.6. The van der Waals surface area contributed by atoms with Crippen molar-refractivity contribution in [3.8, 4) is 0 Å². The first kappa shape index (κ1) is 15.9. The molecule has 0 amide bonds. The second-order valence-corrected chi connectivity index (χ2v) is 7.55. The van der Waals surface area contributed by atoms with Crippen LogP contribution in [0, 0.1) is 0 Å². The molecule has 0 aliphatic carbocycles. The standard InChI is InChI=1S/C13H22N2O3S2/c1-2-14-10-12-13(6-9-19-12)20(16,17)15-7-5-11-4-3-8-18-11/h6,9,11,14-15H,2-5,7-8,10H2,1H3. The van der Waals surface area contributed by atoms with Gasteiger partial charge in [-0.05, 0) is 37.3 Å². The minimum Gasteiger partial charge on any atom is -0.378 e. The zero-order valence-electron chi connectivity index (χ0n) is 11.7. The van der Waals surface area contributed by atoms with E-state index in [2.05, 4.69) is 10.0 Å². The Hall–Kier alpha value is -0.470. The third kappa shape index (κ3) is 4.26. The summed E-state index contributed by atoms with van der Waals surface area (Å²) in [6.45, 7) is 4.65. The summed E-state index contributed by atoms with van der Waals surface area (Å²) in [5.74, 6) is 0. The fourth-order valence-corrected chi connectivity index (χ4v) is 4.70. The van der Waals surface area contributed by atoms with E-state index in [1.54, 1.807) is 6.07 Å². The summed E-state index contributed by atoms with van der Waals surface area (Å²) >= 11 is 1.47. The first-order valence-electron chi connectivity index (χ1n) is 7.02. The Morgan fingerprint density at radius 3 is 3.05 bits per heavy atom. The highest BCUT2D eigenvalue weighted by molar-refractivity contribution is 7.89. The van der Waals surface area contributed by atoms with Crippen molar-refractivity contribution in [2.24, 2.45) is 0 Å². The predicted octanol–water partition coefficient (Wildman–Crippen LogP) is 1.70. The van der Waals surface area contributed by atoms with Crippen LogP contribution in [0.2, 0.25) is 0 Å². The Morgan fingerprint density at radius 2 is 2.35 bits per heavy atom. The molecule has 2 rings (SSSR count). The van der Waals surface area contributed by atoms with E-state index in [4.69, 9.17) is 4.74 Å². The van der Waals surface area contributed by atoms with Crippen molar-refractivity contribution in [1.82, 2.24) is 10.0 Å². The molecule has 7 heteroatoms. The maximum absolute atomic E-state index is 12.3. The van der Waals surface area contributed by atoms with Crippen molar-refractivity contribution in [1.29, 1.82) is 0 Å². The summed E-state index contributed by atoms with van der Waals surface area (Å²) in [4.78, 5) is 1.26. The van der Waals surface area contributed by atoms with Crippen LogP contribution in [0.3, 0.4) is 0 Å². The molecule has 2 heterocycles. The molecule has 0 spiro atoms. The molecule has 0 saturated carbocycles. The number of sulfonamides is 1. The van der Waals surface area contributed by atoms with E-state index < -0.39 is 10.0 Å². The van der Waals surface area contributed by atoms with Crippen LogP contribution in [0.1, 0.15) is 31.1 Å². The molecule has 1 aliphatic rings. The van der Waals surface area contributed by atoms with E-state index in [1.165, 1.54) is 11.3 Å². The summed E-state index contributed by atoms with van der Waals surface area (Å²) in [7, 11) is -3.40. The second kappa shape index (κ2) is 7.51. The van der Waals surface area contributed by atoms with Crippen LogP contribution in [0.25, 0.3) is 0 Å². The summed E-state index contributed by atoms with van der Waals surface area (Å²) in [6, 6.07) is 1.67. The fraction of sp³-hybridized carbons (Fsp3) is 0.692. The summed E-state index contributed by atoms with van der Waals surface area (Å²) in [5, 5.41) is 4.98.